The van der Waals surface area contributed by atoms with Crippen LogP contribution in [0.3, 0.4) is 0 Å². The molecule has 1 atom stereocenters. The van der Waals surface area contributed by atoms with Gasteiger partial charge in [0.05, 0.1) is 13.1 Å². The number of rotatable bonds is 3. The molecular weight excluding hydrogens is 366 g/mol. The van der Waals surface area contributed by atoms with Crippen molar-refractivity contribution in [1.29, 1.82) is 0 Å². The maximum atomic E-state index is 13.0. The van der Waals surface area contributed by atoms with Crippen LogP contribution >= 0.6 is 0 Å². The number of fused-ring (bicyclic) bond motifs is 2. The third-order valence-corrected chi connectivity index (χ3v) is 6.93. The lowest BCUT2D eigenvalue weighted by molar-refractivity contribution is -0.133. The zero-order valence-electron chi connectivity index (χ0n) is 16.5. The van der Waals surface area contributed by atoms with Crippen molar-refractivity contribution in [1.82, 2.24) is 24.2 Å². The summed E-state index contributed by atoms with van der Waals surface area (Å²) in [4.78, 5) is 15.0. The first-order chi connectivity index (χ1) is 14.2. The summed E-state index contributed by atoms with van der Waals surface area (Å²) < 4.78 is 10.6. The first kappa shape index (κ1) is 17.2. The zero-order chi connectivity index (χ0) is 19.4. The van der Waals surface area contributed by atoms with Crippen molar-refractivity contribution in [3.8, 4) is 0 Å². The second-order valence-electron chi connectivity index (χ2n) is 8.73. The fraction of sp³-hybridized carbons (Fsp3) is 0.500. The minimum Gasteiger partial charge on any atom is -0.363 e. The molecule has 2 aliphatic heterocycles. The summed E-state index contributed by atoms with van der Waals surface area (Å²) in [5.74, 6) is 2.76. The number of benzene rings is 1. The molecule has 4 heterocycles. The predicted molar refractivity (Wildman–Crippen MR) is 107 cm³/mol. The largest absolute Gasteiger partial charge is 0.363 e. The molecule has 2 fully saturated rings. The van der Waals surface area contributed by atoms with E-state index in [1.807, 2.05) is 27.8 Å². The van der Waals surface area contributed by atoms with E-state index < -0.39 is 0 Å². The number of carbonyl (C=O) groups is 1. The van der Waals surface area contributed by atoms with E-state index in [9.17, 15) is 4.79 Å². The molecule has 1 unspecified atom stereocenters. The molecule has 3 aromatic rings. The average molecular weight is 391 g/mol. The van der Waals surface area contributed by atoms with Gasteiger partial charge in [0.1, 0.15) is 24.6 Å². The van der Waals surface area contributed by atoms with Gasteiger partial charge in [-0.15, -0.1) is 10.2 Å². The minimum atomic E-state index is -0.303. The van der Waals surface area contributed by atoms with Gasteiger partial charge in [0, 0.05) is 24.2 Å². The number of hydrogen-bond acceptors (Lipinski definition) is 4. The predicted octanol–water partition coefficient (Wildman–Crippen LogP) is 2.70. The monoisotopic (exact) mass is 391 g/mol. The topological polar surface area (TPSA) is 65.2 Å². The third-order valence-electron chi connectivity index (χ3n) is 6.93. The van der Waals surface area contributed by atoms with Gasteiger partial charge in [-0.25, -0.2) is 0 Å². The Hall–Kier alpha value is -2.67. The molecule has 1 aromatic carbocycles. The lowest BCUT2D eigenvalue weighted by Gasteiger charge is -2.36. The van der Waals surface area contributed by atoms with Crippen molar-refractivity contribution >= 4 is 16.8 Å². The van der Waals surface area contributed by atoms with Gasteiger partial charge in [-0.3, -0.25) is 4.79 Å². The summed E-state index contributed by atoms with van der Waals surface area (Å²) in [6.07, 6.45) is 6.57. The summed E-state index contributed by atoms with van der Waals surface area (Å²) in [7, 11) is 0. The summed E-state index contributed by atoms with van der Waals surface area (Å²) in [6, 6.07) is 10.2. The standard InChI is InChI=1S/C22H25N5O2/c28-20(12-25-10-8-16-4-1-2-7-18(16)25)26-11-9-22(14-26)15-27-19(13-29-22)23-24-21(27)17-5-3-6-17/h1-2,4,7-8,10,17H,3,5-6,9,11-15H2. The molecule has 0 radical (unpaired) electrons. The molecule has 1 saturated heterocycles. The van der Waals surface area contributed by atoms with Gasteiger partial charge in [0.2, 0.25) is 5.91 Å². The van der Waals surface area contributed by atoms with Crippen LogP contribution in [0.4, 0.5) is 0 Å². The van der Waals surface area contributed by atoms with Crippen molar-refractivity contribution < 1.29 is 9.53 Å². The summed E-state index contributed by atoms with van der Waals surface area (Å²) >= 11 is 0. The van der Waals surface area contributed by atoms with Gasteiger partial charge in [0.15, 0.2) is 5.82 Å². The number of nitrogens with zero attached hydrogens (tertiary/aromatic N) is 5. The van der Waals surface area contributed by atoms with Crippen molar-refractivity contribution in [2.24, 2.45) is 0 Å². The van der Waals surface area contributed by atoms with E-state index in [4.69, 9.17) is 4.74 Å². The van der Waals surface area contributed by atoms with E-state index in [2.05, 4.69) is 33.0 Å². The molecular formula is C22H25N5O2. The molecule has 0 bridgehead atoms. The highest BCUT2D eigenvalue weighted by Crippen LogP contribution is 2.39. The van der Waals surface area contributed by atoms with E-state index in [-0.39, 0.29) is 11.5 Å². The number of likely N-dealkylation sites (tertiary alicyclic amines) is 1. The van der Waals surface area contributed by atoms with Crippen LogP contribution in [0.25, 0.3) is 10.9 Å². The van der Waals surface area contributed by atoms with Crippen LogP contribution in [0.1, 0.15) is 43.3 Å². The molecule has 1 aliphatic carbocycles. The van der Waals surface area contributed by atoms with Crippen LogP contribution in [0.15, 0.2) is 36.5 Å². The zero-order valence-corrected chi connectivity index (χ0v) is 16.5. The van der Waals surface area contributed by atoms with Gasteiger partial charge in [-0.2, -0.15) is 0 Å². The Morgan fingerprint density at radius 1 is 1.17 bits per heavy atom. The molecule has 7 heteroatoms. The molecule has 3 aliphatic rings. The van der Waals surface area contributed by atoms with Crippen LogP contribution in [0, 0.1) is 0 Å². The Morgan fingerprint density at radius 2 is 2.07 bits per heavy atom. The highest BCUT2D eigenvalue weighted by Gasteiger charge is 2.45. The number of para-hydroxylation sites is 1. The minimum absolute atomic E-state index is 0.153. The molecule has 6 rings (SSSR count). The Labute approximate surface area is 169 Å². The Kier molecular flexibility index (Phi) is 3.81. The Bertz CT molecular complexity index is 1080. The molecule has 2 aromatic heterocycles. The number of aromatic nitrogens is 4. The fourth-order valence-corrected chi connectivity index (χ4v) is 4.98. The molecule has 7 nitrogen and oxygen atoms in total. The molecule has 1 spiro atoms. The molecule has 150 valence electrons. The van der Waals surface area contributed by atoms with Gasteiger partial charge < -0.3 is 18.8 Å². The lowest BCUT2D eigenvalue weighted by atomic mass is 9.84. The average Bonchev–Trinajstić information content (AvgIpc) is 3.40. The van der Waals surface area contributed by atoms with Crippen LogP contribution in [0.5, 0.6) is 0 Å². The molecule has 1 saturated carbocycles. The smallest absolute Gasteiger partial charge is 0.242 e. The van der Waals surface area contributed by atoms with Crippen LogP contribution < -0.4 is 0 Å². The van der Waals surface area contributed by atoms with E-state index in [1.54, 1.807) is 0 Å². The van der Waals surface area contributed by atoms with Crippen LogP contribution in [-0.4, -0.2) is 48.8 Å². The first-order valence-electron chi connectivity index (χ1n) is 10.6. The quantitative estimate of drug-likeness (QED) is 0.689. The highest BCUT2D eigenvalue weighted by atomic mass is 16.5. The highest BCUT2D eigenvalue weighted by molar-refractivity contribution is 5.83. The van der Waals surface area contributed by atoms with E-state index in [0.29, 0.717) is 25.6 Å². The van der Waals surface area contributed by atoms with Gasteiger partial charge in [0.25, 0.3) is 0 Å². The maximum absolute atomic E-state index is 13.0. The second kappa shape index (κ2) is 6.42. The first-order valence-corrected chi connectivity index (χ1v) is 10.6. The van der Waals surface area contributed by atoms with E-state index in [1.165, 1.54) is 19.3 Å². The van der Waals surface area contributed by atoms with E-state index >= 15 is 0 Å². The van der Waals surface area contributed by atoms with Gasteiger partial charge in [-0.1, -0.05) is 24.6 Å². The number of hydrogen-bond donors (Lipinski definition) is 0. The van der Waals surface area contributed by atoms with Crippen molar-refractivity contribution in [3.05, 3.63) is 48.2 Å². The summed E-state index contributed by atoms with van der Waals surface area (Å²) in [5.41, 5.74) is 0.797. The molecule has 1 amide bonds. The molecule has 0 N–H and O–H groups in total. The summed E-state index contributed by atoms with van der Waals surface area (Å²) in [6.45, 7) is 3.01. The van der Waals surface area contributed by atoms with Crippen molar-refractivity contribution in [2.45, 2.75) is 56.9 Å². The lowest BCUT2D eigenvalue weighted by Crippen LogP contribution is -2.46. The fourth-order valence-electron chi connectivity index (χ4n) is 4.98. The number of ether oxygens (including phenoxy) is 1. The third kappa shape index (κ3) is 2.79. The van der Waals surface area contributed by atoms with Gasteiger partial charge >= 0.3 is 0 Å². The normalized spacial score (nSPS) is 24.2. The second-order valence-corrected chi connectivity index (χ2v) is 8.73. The SMILES string of the molecule is O=C(Cn1ccc2ccccc21)N1CCC2(C1)Cn1c(nnc1C1CCC1)CO2. The molecule has 29 heavy (non-hydrogen) atoms. The maximum Gasteiger partial charge on any atom is 0.242 e. The number of amides is 1. The Balaban J connectivity index is 1.18. The van der Waals surface area contributed by atoms with Gasteiger partial charge in [-0.05, 0) is 36.8 Å². The Morgan fingerprint density at radius 3 is 2.93 bits per heavy atom. The van der Waals surface area contributed by atoms with Crippen molar-refractivity contribution in [2.75, 3.05) is 13.1 Å². The number of carbonyl (C=O) groups excluding carboxylic acids is 1. The van der Waals surface area contributed by atoms with Crippen LogP contribution in [0.2, 0.25) is 0 Å². The van der Waals surface area contributed by atoms with Crippen LogP contribution in [-0.2, 0) is 29.2 Å². The van der Waals surface area contributed by atoms with Crippen molar-refractivity contribution in [3.63, 3.8) is 0 Å². The van der Waals surface area contributed by atoms with E-state index in [0.717, 1.165) is 42.1 Å². The summed E-state index contributed by atoms with van der Waals surface area (Å²) in [5, 5.41) is 9.97.